The number of hydrogen-bond donors (Lipinski definition) is 1. The van der Waals surface area contributed by atoms with Gasteiger partial charge < -0.3 is 10.1 Å². The second-order valence-electron chi connectivity index (χ2n) is 5.96. The lowest BCUT2D eigenvalue weighted by atomic mass is 10.1. The molecule has 1 aromatic carbocycles. The molecule has 3 rings (SSSR count). The van der Waals surface area contributed by atoms with E-state index in [2.05, 4.69) is 5.32 Å². The second kappa shape index (κ2) is 7.72. The molecule has 8 heteroatoms. The van der Waals surface area contributed by atoms with Gasteiger partial charge in [-0.15, -0.1) is 11.3 Å². The zero-order chi connectivity index (χ0) is 18.8. The highest BCUT2D eigenvalue weighted by molar-refractivity contribution is 7.17. The summed E-state index contributed by atoms with van der Waals surface area (Å²) in [4.78, 5) is 25.8. The van der Waals surface area contributed by atoms with Gasteiger partial charge in [-0.05, 0) is 43.4 Å². The predicted octanol–water partition coefficient (Wildman–Crippen LogP) is 4.99. The lowest BCUT2D eigenvalue weighted by Crippen LogP contribution is -2.15. The van der Waals surface area contributed by atoms with Crippen LogP contribution in [0, 0.1) is 11.6 Å². The molecule has 1 heterocycles. The molecular weight excluding hydrogens is 384 g/mol. The number of carbonyl (C=O) groups is 2. The average Bonchev–Trinajstić information content (AvgIpc) is 2.78. The number of amides is 1. The Bertz CT molecular complexity index is 882. The third kappa shape index (κ3) is 3.59. The topological polar surface area (TPSA) is 55.4 Å². The van der Waals surface area contributed by atoms with Crippen molar-refractivity contribution in [3.8, 4) is 0 Å². The quantitative estimate of drug-likeness (QED) is 0.449. The number of thiophene rings is 1. The summed E-state index contributed by atoms with van der Waals surface area (Å²) in [5.41, 5.74) is 1.03. The lowest BCUT2D eigenvalue weighted by molar-refractivity contribution is 0.0601. The zero-order valence-electron chi connectivity index (χ0n) is 14.0. The fourth-order valence-corrected chi connectivity index (χ4v) is 4.52. The highest BCUT2D eigenvalue weighted by atomic mass is 35.5. The van der Waals surface area contributed by atoms with Crippen LogP contribution in [0.2, 0.25) is 5.02 Å². The first-order valence-corrected chi connectivity index (χ1v) is 9.30. The van der Waals surface area contributed by atoms with Gasteiger partial charge in [0.25, 0.3) is 5.91 Å². The minimum absolute atomic E-state index is 0.204. The minimum atomic E-state index is -1.17. The Morgan fingerprint density at radius 3 is 2.58 bits per heavy atom. The van der Waals surface area contributed by atoms with Gasteiger partial charge in [-0.3, -0.25) is 4.79 Å². The number of esters is 1. The van der Waals surface area contributed by atoms with Gasteiger partial charge in [-0.1, -0.05) is 18.0 Å². The lowest BCUT2D eigenvalue weighted by Gasteiger charge is -2.09. The van der Waals surface area contributed by atoms with Gasteiger partial charge in [0.1, 0.15) is 5.00 Å². The molecule has 4 nitrogen and oxygen atoms in total. The maximum absolute atomic E-state index is 13.5. The van der Waals surface area contributed by atoms with E-state index in [1.807, 2.05) is 0 Å². The van der Waals surface area contributed by atoms with E-state index in [4.69, 9.17) is 16.3 Å². The molecule has 1 aromatic heterocycles. The normalized spacial score (nSPS) is 13.7. The Hall–Kier alpha value is -1.99. The number of halogens is 3. The van der Waals surface area contributed by atoms with E-state index >= 15 is 0 Å². The van der Waals surface area contributed by atoms with Crippen molar-refractivity contribution in [1.82, 2.24) is 0 Å². The van der Waals surface area contributed by atoms with E-state index in [0.717, 1.165) is 54.7 Å². The van der Waals surface area contributed by atoms with Crippen LogP contribution in [0.4, 0.5) is 13.8 Å². The highest BCUT2D eigenvalue weighted by Gasteiger charge is 2.27. The Morgan fingerprint density at radius 2 is 1.85 bits per heavy atom. The number of benzene rings is 1. The van der Waals surface area contributed by atoms with Crippen molar-refractivity contribution in [1.29, 1.82) is 0 Å². The summed E-state index contributed by atoms with van der Waals surface area (Å²) < 4.78 is 31.5. The van der Waals surface area contributed by atoms with Crippen LogP contribution >= 0.6 is 22.9 Å². The van der Waals surface area contributed by atoms with Crippen LogP contribution in [0.3, 0.4) is 0 Å². The molecule has 2 aromatic rings. The number of anilines is 1. The fraction of sp³-hybridized carbons (Fsp3) is 0.333. The average molecular weight is 400 g/mol. The number of fused-ring (bicyclic) bond motifs is 1. The van der Waals surface area contributed by atoms with E-state index < -0.39 is 23.5 Å². The van der Waals surface area contributed by atoms with Crippen LogP contribution in [0.25, 0.3) is 0 Å². The van der Waals surface area contributed by atoms with Gasteiger partial charge in [0.15, 0.2) is 11.6 Å². The largest absolute Gasteiger partial charge is 0.465 e. The molecule has 0 spiro atoms. The third-order valence-electron chi connectivity index (χ3n) is 4.29. The third-order valence-corrected chi connectivity index (χ3v) is 5.81. The van der Waals surface area contributed by atoms with Crippen molar-refractivity contribution in [3.05, 3.63) is 50.4 Å². The van der Waals surface area contributed by atoms with Crippen LogP contribution in [-0.4, -0.2) is 19.0 Å². The van der Waals surface area contributed by atoms with Crippen LogP contribution < -0.4 is 5.32 Å². The summed E-state index contributed by atoms with van der Waals surface area (Å²) in [6.45, 7) is 0. The van der Waals surface area contributed by atoms with Gasteiger partial charge in [0.2, 0.25) is 0 Å². The van der Waals surface area contributed by atoms with Crippen LogP contribution in [0.5, 0.6) is 0 Å². The minimum Gasteiger partial charge on any atom is -0.465 e. The van der Waals surface area contributed by atoms with Gasteiger partial charge in [-0.2, -0.15) is 0 Å². The molecule has 1 aliphatic rings. The van der Waals surface area contributed by atoms with Crippen molar-refractivity contribution in [2.45, 2.75) is 32.1 Å². The molecular formula is C18H16ClF2NO3S. The number of carbonyl (C=O) groups excluding carboxylic acids is 2. The summed E-state index contributed by atoms with van der Waals surface area (Å²) in [5, 5.41) is 2.75. The molecule has 26 heavy (non-hydrogen) atoms. The predicted molar refractivity (Wildman–Crippen MR) is 96.2 cm³/mol. The van der Waals surface area contributed by atoms with Crippen molar-refractivity contribution in [2.75, 3.05) is 12.4 Å². The summed E-state index contributed by atoms with van der Waals surface area (Å²) >= 11 is 7.17. The molecule has 0 radical (unpaired) electrons. The SMILES string of the molecule is COC(=O)c1c(NC(=O)c2cc(F)c(F)cc2Cl)sc2c1CCCCC2. The van der Waals surface area contributed by atoms with E-state index in [0.29, 0.717) is 10.6 Å². The molecule has 0 bridgehead atoms. The Balaban J connectivity index is 1.98. The van der Waals surface area contributed by atoms with Gasteiger partial charge in [0.05, 0.1) is 23.3 Å². The molecule has 0 saturated heterocycles. The Labute approximate surface area is 158 Å². The number of nitrogens with one attached hydrogen (secondary N) is 1. The maximum atomic E-state index is 13.5. The summed E-state index contributed by atoms with van der Waals surface area (Å²) in [5.74, 6) is -3.55. The van der Waals surface area contributed by atoms with E-state index in [1.54, 1.807) is 0 Å². The van der Waals surface area contributed by atoms with E-state index in [-0.39, 0.29) is 10.6 Å². The maximum Gasteiger partial charge on any atom is 0.341 e. The molecule has 138 valence electrons. The van der Waals surface area contributed by atoms with Gasteiger partial charge >= 0.3 is 5.97 Å². The van der Waals surface area contributed by atoms with Crippen LogP contribution in [-0.2, 0) is 17.6 Å². The van der Waals surface area contributed by atoms with Gasteiger partial charge in [0, 0.05) is 4.88 Å². The van der Waals surface area contributed by atoms with Crippen LogP contribution in [0.15, 0.2) is 12.1 Å². The van der Waals surface area contributed by atoms with Crippen LogP contribution in [0.1, 0.15) is 50.4 Å². The molecule has 1 amide bonds. The Morgan fingerprint density at radius 1 is 1.15 bits per heavy atom. The summed E-state index contributed by atoms with van der Waals surface area (Å²) in [7, 11) is 1.28. The number of aryl methyl sites for hydroxylation is 1. The van der Waals surface area contributed by atoms with Crippen molar-refractivity contribution >= 4 is 39.8 Å². The standard InChI is InChI=1S/C18H16ClF2NO3S/c1-25-18(24)15-9-5-3-2-4-6-14(9)26-17(15)22-16(23)10-7-12(20)13(21)8-11(10)19/h7-8H,2-6H2,1H3,(H,22,23). The number of methoxy groups -OCH3 is 1. The molecule has 0 saturated carbocycles. The summed E-state index contributed by atoms with van der Waals surface area (Å²) in [6.07, 6.45) is 4.60. The first-order chi connectivity index (χ1) is 12.4. The fourth-order valence-electron chi connectivity index (χ4n) is 3.02. The molecule has 1 N–H and O–H groups in total. The molecule has 1 aliphatic carbocycles. The molecule has 0 atom stereocenters. The van der Waals surface area contributed by atoms with Crippen molar-refractivity contribution in [3.63, 3.8) is 0 Å². The van der Waals surface area contributed by atoms with Crippen molar-refractivity contribution < 1.29 is 23.1 Å². The number of ether oxygens (including phenoxy) is 1. The van der Waals surface area contributed by atoms with E-state index in [9.17, 15) is 18.4 Å². The molecule has 0 unspecified atom stereocenters. The van der Waals surface area contributed by atoms with Crippen molar-refractivity contribution in [2.24, 2.45) is 0 Å². The highest BCUT2D eigenvalue weighted by Crippen LogP contribution is 2.38. The first-order valence-electron chi connectivity index (χ1n) is 8.11. The second-order valence-corrected chi connectivity index (χ2v) is 7.47. The summed E-state index contributed by atoms with van der Waals surface area (Å²) in [6, 6.07) is 1.49. The monoisotopic (exact) mass is 399 g/mol. The molecule has 0 fully saturated rings. The Kier molecular flexibility index (Phi) is 5.58. The van der Waals surface area contributed by atoms with E-state index in [1.165, 1.54) is 18.4 Å². The molecule has 0 aliphatic heterocycles. The first kappa shape index (κ1) is 18.8. The zero-order valence-corrected chi connectivity index (χ0v) is 15.5. The number of rotatable bonds is 3. The van der Waals surface area contributed by atoms with Gasteiger partial charge in [-0.25, -0.2) is 13.6 Å². The smallest absolute Gasteiger partial charge is 0.341 e. The number of hydrogen-bond acceptors (Lipinski definition) is 4.